The number of fused-ring (bicyclic) bond motifs is 1. The number of likely N-dealkylation sites (N-methyl/N-ethyl adjacent to an activating group) is 1. The van der Waals surface area contributed by atoms with Crippen LogP contribution in [0.3, 0.4) is 0 Å². The van der Waals surface area contributed by atoms with E-state index in [0.29, 0.717) is 31.0 Å². The van der Waals surface area contributed by atoms with Crippen LogP contribution >= 0.6 is 11.6 Å². The average molecular weight is 630 g/mol. The van der Waals surface area contributed by atoms with E-state index < -0.39 is 16.1 Å². The maximum atomic E-state index is 13.5. The summed E-state index contributed by atoms with van der Waals surface area (Å²) in [6, 6.07) is 9.39. The van der Waals surface area contributed by atoms with Crippen molar-refractivity contribution < 1.29 is 22.8 Å². The highest BCUT2D eigenvalue weighted by Gasteiger charge is 2.39. The van der Waals surface area contributed by atoms with Crippen LogP contribution in [-0.2, 0) is 24.4 Å². The number of likely N-dealkylation sites (tertiary alicyclic amines) is 3. The Bertz CT molecular complexity index is 1520. The van der Waals surface area contributed by atoms with Crippen molar-refractivity contribution in [1.82, 2.24) is 24.3 Å². The Kier molecular flexibility index (Phi) is 8.70. The minimum Gasteiger partial charge on any atom is -0.341 e. The molecule has 3 heterocycles. The van der Waals surface area contributed by atoms with Gasteiger partial charge in [0.2, 0.25) is 27.7 Å². The fourth-order valence-electron chi connectivity index (χ4n) is 6.82. The van der Waals surface area contributed by atoms with Crippen LogP contribution in [0, 0.1) is 5.92 Å². The monoisotopic (exact) mass is 629 g/mol. The number of nitrogens with zero attached hydrogens (tertiary/aromatic N) is 4. The molecule has 12 heteroatoms. The molecule has 2 aromatic rings. The van der Waals surface area contributed by atoms with E-state index >= 15 is 0 Å². The fraction of sp³-hybridized carbons (Fsp3) is 0.581. The Hall–Kier alpha value is -2.73. The second-order valence-corrected chi connectivity index (χ2v) is 14.7. The quantitative estimate of drug-likeness (QED) is 0.457. The lowest BCUT2D eigenvalue weighted by Crippen LogP contribution is -2.55. The Balaban J connectivity index is 1.04. The maximum absolute atomic E-state index is 13.5. The minimum absolute atomic E-state index is 0.0501. The molecule has 0 radical (unpaired) electrons. The number of carbonyl (C=O) groups excluding carboxylic acids is 3. The number of rotatable bonds is 9. The summed E-state index contributed by atoms with van der Waals surface area (Å²) in [6.07, 6.45) is 5.78. The number of carbonyl (C=O) groups is 3. The topological polar surface area (TPSA) is 110 Å². The van der Waals surface area contributed by atoms with E-state index in [1.807, 2.05) is 16.8 Å². The zero-order valence-corrected chi connectivity index (χ0v) is 26.2. The van der Waals surface area contributed by atoms with Crippen LogP contribution in [0.2, 0.25) is 5.02 Å². The predicted octanol–water partition coefficient (Wildman–Crippen LogP) is 2.70. The number of amides is 3. The van der Waals surface area contributed by atoms with Crippen molar-refractivity contribution in [1.29, 1.82) is 0 Å². The first kappa shape index (κ1) is 30.3. The van der Waals surface area contributed by atoms with Gasteiger partial charge < -0.3 is 14.7 Å². The molecule has 1 aliphatic carbocycles. The van der Waals surface area contributed by atoms with Crippen LogP contribution in [-0.4, -0.2) is 110 Å². The van der Waals surface area contributed by atoms with Gasteiger partial charge in [0.05, 0.1) is 11.4 Å². The lowest BCUT2D eigenvalue weighted by molar-refractivity contribution is -0.143. The zero-order chi connectivity index (χ0) is 30.3. The molecule has 10 nitrogen and oxygen atoms in total. The van der Waals surface area contributed by atoms with Gasteiger partial charge in [-0.15, -0.1) is 0 Å². The number of piperidine rings is 1. The van der Waals surface area contributed by atoms with E-state index in [0.717, 1.165) is 62.5 Å². The SMILES string of the molecule is CN(C(=O)C1CC1)C1CCN(C[C@@H]2CCCN2C(=O)CN2CCC[C@H](NS(=O)(=O)c3ccc4cc(Cl)ccc4c3)C2=O)C1. The van der Waals surface area contributed by atoms with Gasteiger partial charge in [0.15, 0.2) is 0 Å². The van der Waals surface area contributed by atoms with Crippen molar-refractivity contribution in [3.63, 3.8) is 0 Å². The largest absolute Gasteiger partial charge is 0.341 e. The van der Waals surface area contributed by atoms with Gasteiger partial charge in [-0.25, -0.2) is 8.42 Å². The molecule has 6 rings (SSSR count). The van der Waals surface area contributed by atoms with E-state index in [1.54, 1.807) is 30.3 Å². The van der Waals surface area contributed by atoms with Gasteiger partial charge >= 0.3 is 0 Å². The summed E-state index contributed by atoms with van der Waals surface area (Å²) in [5.41, 5.74) is 0. The summed E-state index contributed by atoms with van der Waals surface area (Å²) in [7, 11) is -2.04. The van der Waals surface area contributed by atoms with E-state index in [2.05, 4.69) is 9.62 Å². The number of halogens is 1. The van der Waals surface area contributed by atoms with Crippen LogP contribution in [0.4, 0.5) is 0 Å². The van der Waals surface area contributed by atoms with Crippen molar-refractivity contribution in [3.8, 4) is 0 Å². The average Bonchev–Trinajstić information content (AvgIpc) is 3.55. The maximum Gasteiger partial charge on any atom is 0.242 e. The Morgan fingerprint density at radius 3 is 2.51 bits per heavy atom. The zero-order valence-electron chi connectivity index (χ0n) is 24.6. The highest BCUT2D eigenvalue weighted by molar-refractivity contribution is 7.89. The third kappa shape index (κ3) is 6.69. The first-order valence-electron chi connectivity index (χ1n) is 15.4. The number of hydrogen-bond donors (Lipinski definition) is 1. The van der Waals surface area contributed by atoms with Crippen LogP contribution in [0.25, 0.3) is 10.8 Å². The molecule has 4 aliphatic rings. The van der Waals surface area contributed by atoms with Crippen LogP contribution in [0.5, 0.6) is 0 Å². The number of sulfonamides is 1. The van der Waals surface area contributed by atoms with Gasteiger partial charge in [0, 0.05) is 62.8 Å². The standard InChI is InChI=1S/C31H40ClN5O5S/c1-34(30(39)21-6-7-21)25-12-15-35(18-25)19-26-4-2-14-37(26)29(38)20-36-13-3-5-28(31(36)40)33-43(41,42)27-11-9-22-16-24(32)10-8-23(22)17-27/h8-11,16-17,21,25-26,28,33H,2-7,12-15,18-20H2,1H3/t25?,26-,28-/m0/s1. The van der Waals surface area contributed by atoms with Crippen molar-refractivity contribution in [2.24, 2.45) is 5.92 Å². The smallest absolute Gasteiger partial charge is 0.242 e. The second-order valence-electron chi connectivity index (χ2n) is 12.5. The summed E-state index contributed by atoms with van der Waals surface area (Å²) in [6.45, 7) is 3.53. The van der Waals surface area contributed by atoms with E-state index in [1.165, 1.54) is 11.0 Å². The molecule has 2 aromatic carbocycles. The predicted molar refractivity (Wildman–Crippen MR) is 164 cm³/mol. The second kappa shape index (κ2) is 12.3. The molecule has 4 fully saturated rings. The molecular weight excluding hydrogens is 590 g/mol. The highest BCUT2D eigenvalue weighted by atomic mass is 35.5. The lowest BCUT2D eigenvalue weighted by atomic mass is 10.1. The molecule has 232 valence electrons. The Labute approximate surface area is 258 Å². The molecule has 1 unspecified atom stereocenters. The molecular formula is C31H40ClN5O5S. The molecule has 1 N–H and O–H groups in total. The summed E-state index contributed by atoms with van der Waals surface area (Å²) in [5, 5.41) is 2.13. The van der Waals surface area contributed by atoms with Gasteiger partial charge in [-0.05, 0) is 80.0 Å². The van der Waals surface area contributed by atoms with Crippen molar-refractivity contribution >= 4 is 50.1 Å². The summed E-state index contributed by atoms with van der Waals surface area (Å²) in [4.78, 5) is 47.1. The number of hydrogen-bond acceptors (Lipinski definition) is 6. The van der Waals surface area contributed by atoms with Crippen molar-refractivity contribution in [2.45, 2.75) is 68.0 Å². The molecule has 3 saturated heterocycles. The summed E-state index contributed by atoms with van der Waals surface area (Å²) in [5.74, 6) is 0.0219. The third-order valence-corrected chi connectivity index (χ3v) is 11.2. The van der Waals surface area contributed by atoms with Crippen LogP contribution < -0.4 is 4.72 Å². The van der Waals surface area contributed by atoms with Gasteiger partial charge in [-0.1, -0.05) is 23.7 Å². The van der Waals surface area contributed by atoms with E-state index in [-0.39, 0.29) is 47.2 Å². The minimum atomic E-state index is -3.96. The number of benzene rings is 2. The van der Waals surface area contributed by atoms with Crippen LogP contribution in [0.15, 0.2) is 41.3 Å². The summed E-state index contributed by atoms with van der Waals surface area (Å²) < 4.78 is 29.1. The normalized spacial score (nSPS) is 25.1. The molecule has 3 atom stereocenters. The van der Waals surface area contributed by atoms with Gasteiger partial charge in [-0.2, -0.15) is 4.72 Å². The van der Waals surface area contributed by atoms with Gasteiger partial charge in [0.1, 0.15) is 6.04 Å². The Morgan fingerprint density at radius 2 is 1.72 bits per heavy atom. The number of nitrogens with one attached hydrogen (secondary N) is 1. The molecule has 0 aromatic heterocycles. The van der Waals surface area contributed by atoms with Crippen molar-refractivity contribution in [3.05, 3.63) is 41.4 Å². The first-order valence-corrected chi connectivity index (χ1v) is 17.2. The van der Waals surface area contributed by atoms with E-state index in [9.17, 15) is 22.8 Å². The van der Waals surface area contributed by atoms with E-state index in [4.69, 9.17) is 11.6 Å². The molecule has 0 bridgehead atoms. The molecule has 3 aliphatic heterocycles. The fourth-order valence-corrected chi connectivity index (χ4v) is 8.26. The van der Waals surface area contributed by atoms with Crippen LogP contribution in [0.1, 0.15) is 44.9 Å². The molecule has 43 heavy (non-hydrogen) atoms. The Morgan fingerprint density at radius 1 is 0.977 bits per heavy atom. The van der Waals surface area contributed by atoms with Gasteiger partial charge in [0.25, 0.3) is 0 Å². The van der Waals surface area contributed by atoms with Gasteiger partial charge in [-0.3, -0.25) is 19.3 Å². The lowest BCUT2D eigenvalue weighted by Gasteiger charge is -2.35. The molecule has 0 spiro atoms. The first-order chi connectivity index (χ1) is 20.6. The third-order valence-electron chi connectivity index (χ3n) is 9.47. The summed E-state index contributed by atoms with van der Waals surface area (Å²) >= 11 is 6.05. The van der Waals surface area contributed by atoms with Crippen molar-refractivity contribution in [2.75, 3.05) is 46.3 Å². The molecule has 1 saturated carbocycles. The highest BCUT2D eigenvalue weighted by Crippen LogP contribution is 2.32. The molecule has 3 amide bonds.